The zero-order chi connectivity index (χ0) is 8.27. The molecule has 1 aromatic rings. The van der Waals surface area contributed by atoms with E-state index in [9.17, 15) is 0 Å². The normalized spacial score (nSPS) is 10.9. The van der Waals surface area contributed by atoms with E-state index in [2.05, 4.69) is 24.0 Å². The third kappa shape index (κ3) is 2.05. The molecule has 62 valence electrons. The van der Waals surface area contributed by atoms with Crippen molar-refractivity contribution < 1.29 is 5.11 Å². The standard InChI is InChI=1S/C8H14N2O/c1-6(2)3-7-4-9-10-8(7)5-11/h4,6,11H,3,5H2,1-2H3,(H,9,10). The minimum absolute atomic E-state index is 0.0576. The Balaban J connectivity index is 2.68. The van der Waals surface area contributed by atoms with Crippen LogP contribution < -0.4 is 0 Å². The maximum absolute atomic E-state index is 8.85. The molecule has 0 aliphatic rings. The van der Waals surface area contributed by atoms with E-state index < -0.39 is 0 Å². The Kier molecular flexibility index (Phi) is 2.65. The first kappa shape index (κ1) is 8.27. The van der Waals surface area contributed by atoms with Crippen molar-refractivity contribution in [1.82, 2.24) is 10.2 Å². The van der Waals surface area contributed by atoms with Gasteiger partial charge in [-0.05, 0) is 17.9 Å². The molecule has 1 heterocycles. The predicted octanol–water partition coefficient (Wildman–Crippen LogP) is 1.10. The molecule has 0 atom stereocenters. The SMILES string of the molecule is CC(C)Cc1cn[nH]c1CO. The van der Waals surface area contributed by atoms with Crippen molar-refractivity contribution in [3.8, 4) is 0 Å². The lowest BCUT2D eigenvalue weighted by atomic mass is 10.0. The second-order valence-electron chi connectivity index (χ2n) is 3.13. The smallest absolute Gasteiger partial charge is 0.0850 e. The van der Waals surface area contributed by atoms with Crippen molar-refractivity contribution >= 4 is 0 Å². The van der Waals surface area contributed by atoms with Gasteiger partial charge in [0.1, 0.15) is 0 Å². The molecule has 0 aliphatic carbocycles. The van der Waals surface area contributed by atoms with E-state index in [1.807, 2.05) is 0 Å². The molecule has 0 aliphatic heterocycles. The van der Waals surface area contributed by atoms with Crippen LogP contribution in [0.15, 0.2) is 6.20 Å². The highest BCUT2D eigenvalue weighted by molar-refractivity contribution is 5.15. The van der Waals surface area contributed by atoms with Crippen molar-refractivity contribution in [2.75, 3.05) is 0 Å². The fourth-order valence-electron chi connectivity index (χ4n) is 1.09. The van der Waals surface area contributed by atoms with E-state index >= 15 is 0 Å². The van der Waals surface area contributed by atoms with Gasteiger partial charge in [0.25, 0.3) is 0 Å². The first-order valence-electron chi connectivity index (χ1n) is 3.86. The van der Waals surface area contributed by atoms with Crippen LogP contribution >= 0.6 is 0 Å². The molecule has 0 unspecified atom stereocenters. The first-order chi connectivity index (χ1) is 5.24. The molecule has 0 aromatic carbocycles. The molecule has 0 saturated carbocycles. The van der Waals surface area contributed by atoms with Gasteiger partial charge in [0, 0.05) is 0 Å². The van der Waals surface area contributed by atoms with E-state index in [4.69, 9.17) is 5.11 Å². The Morgan fingerprint density at radius 3 is 2.91 bits per heavy atom. The molecule has 2 N–H and O–H groups in total. The number of aliphatic hydroxyl groups excluding tert-OH is 1. The maximum atomic E-state index is 8.85. The molecule has 3 nitrogen and oxygen atoms in total. The van der Waals surface area contributed by atoms with Crippen molar-refractivity contribution in [2.45, 2.75) is 26.9 Å². The van der Waals surface area contributed by atoms with Gasteiger partial charge in [-0.3, -0.25) is 5.10 Å². The fraction of sp³-hybridized carbons (Fsp3) is 0.625. The van der Waals surface area contributed by atoms with Gasteiger partial charge in [-0.15, -0.1) is 0 Å². The molecule has 11 heavy (non-hydrogen) atoms. The minimum atomic E-state index is 0.0576. The lowest BCUT2D eigenvalue weighted by Gasteiger charge is -2.02. The van der Waals surface area contributed by atoms with Gasteiger partial charge < -0.3 is 5.11 Å². The highest BCUT2D eigenvalue weighted by Gasteiger charge is 2.04. The Morgan fingerprint density at radius 1 is 1.64 bits per heavy atom. The lowest BCUT2D eigenvalue weighted by molar-refractivity contribution is 0.275. The van der Waals surface area contributed by atoms with Crippen LogP contribution in [0.1, 0.15) is 25.1 Å². The number of aliphatic hydroxyl groups is 1. The summed E-state index contributed by atoms with van der Waals surface area (Å²) in [5.74, 6) is 0.609. The first-order valence-corrected chi connectivity index (χ1v) is 3.86. The molecular weight excluding hydrogens is 140 g/mol. The molecule has 0 spiro atoms. The van der Waals surface area contributed by atoms with E-state index in [0.717, 1.165) is 17.7 Å². The van der Waals surface area contributed by atoms with Gasteiger partial charge in [-0.1, -0.05) is 13.8 Å². The molecular formula is C8H14N2O. The second-order valence-corrected chi connectivity index (χ2v) is 3.13. The summed E-state index contributed by atoms with van der Waals surface area (Å²) in [7, 11) is 0. The molecule has 1 rings (SSSR count). The quantitative estimate of drug-likeness (QED) is 0.685. The number of nitrogens with zero attached hydrogens (tertiary/aromatic N) is 1. The van der Waals surface area contributed by atoms with Crippen LogP contribution in [0, 0.1) is 5.92 Å². The Morgan fingerprint density at radius 2 is 2.36 bits per heavy atom. The van der Waals surface area contributed by atoms with Crippen LogP contribution in [0.5, 0.6) is 0 Å². The van der Waals surface area contributed by atoms with Gasteiger partial charge in [0.2, 0.25) is 0 Å². The van der Waals surface area contributed by atoms with Gasteiger partial charge in [-0.25, -0.2) is 0 Å². The highest BCUT2D eigenvalue weighted by Crippen LogP contribution is 2.10. The molecule has 1 aromatic heterocycles. The summed E-state index contributed by atoms with van der Waals surface area (Å²) in [6.07, 6.45) is 2.76. The van der Waals surface area contributed by atoms with Crippen LogP contribution in [-0.4, -0.2) is 15.3 Å². The molecule has 0 amide bonds. The van der Waals surface area contributed by atoms with Gasteiger partial charge in [-0.2, -0.15) is 5.10 Å². The van der Waals surface area contributed by atoms with E-state index in [1.54, 1.807) is 6.20 Å². The fourth-order valence-corrected chi connectivity index (χ4v) is 1.09. The molecule has 0 radical (unpaired) electrons. The third-order valence-electron chi connectivity index (χ3n) is 1.59. The summed E-state index contributed by atoms with van der Waals surface area (Å²) in [4.78, 5) is 0. The summed E-state index contributed by atoms with van der Waals surface area (Å²) < 4.78 is 0. The number of rotatable bonds is 3. The van der Waals surface area contributed by atoms with Crippen molar-refractivity contribution in [1.29, 1.82) is 0 Å². The predicted molar refractivity (Wildman–Crippen MR) is 43.1 cm³/mol. The minimum Gasteiger partial charge on any atom is -0.390 e. The van der Waals surface area contributed by atoms with Gasteiger partial charge >= 0.3 is 0 Å². The van der Waals surface area contributed by atoms with Crippen LogP contribution in [0.25, 0.3) is 0 Å². The number of hydrogen-bond acceptors (Lipinski definition) is 2. The number of aromatic amines is 1. The van der Waals surface area contributed by atoms with Crippen molar-refractivity contribution in [2.24, 2.45) is 5.92 Å². The Hall–Kier alpha value is -0.830. The molecule has 0 bridgehead atoms. The molecule has 0 saturated heterocycles. The number of H-pyrrole nitrogens is 1. The largest absolute Gasteiger partial charge is 0.390 e. The van der Waals surface area contributed by atoms with Crippen molar-refractivity contribution in [3.63, 3.8) is 0 Å². The maximum Gasteiger partial charge on any atom is 0.0850 e. The van der Waals surface area contributed by atoms with Crippen LogP contribution in [-0.2, 0) is 13.0 Å². The van der Waals surface area contributed by atoms with Crippen LogP contribution in [0.3, 0.4) is 0 Å². The zero-order valence-electron chi connectivity index (χ0n) is 6.96. The van der Waals surface area contributed by atoms with Crippen LogP contribution in [0.4, 0.5) is 0 Å². The summed E-state index contributed by atoms with van der Waals surface area (Å²) in [5, 5.41) is 15.5. The van der Waals surface area contributed by atoms with Gasteiger partial charge in [0.15, 0.2) is 0 Å². The van der Waals surface area contributed by atoms with E-state index in [-0.39, 0.29) is 6.61 Å². The lowest BCUT2D eigenvalue weighted by Crippen LogP contribution is -1.96. The summed E-state index contributed by atoms with van der Waals surface area (Å²) in [6.45, 7) is 4.35. The van der Waals surface area contributed by atoms with E-state index in [0.29, 0.717) is 5.92 Å². The van der Waals surface area contributed by atoms with Gasteiger partial charge in [0.05, 0.1) is 18.5 Å². The number of aromatic nitrogens is 2. The summed E-state index contributed by atoms with van der Waals surface area (Å²) >= 11 is 0. The molecule has 0 fully saturated rings. The third-order valence-corrected chi connectivity index (χ3v) is 1.59. The Labute approximate surface area is 66.4 Å². The number of hydrogen-bond donors (Lipinski definition) is 2. The average Bonchev–Trinajstić information content (AvgIpc) is 2.34. The summed E-state index contributed by atoms with van der Waals surface area (Å²) in [5.41, 5.74) is 1.97. The van der Waals surface area contributed by atoms with Crippen molar-refractivity contribution in [3.05, 3.63) is 17.5 Å². The summed E-state index contributed by atoms with van der Waals surface area (Å²) in [6, 6.07) is 0. The highest BCUT2D eigenvalue weighted by atomic mass is 16.3. The van der Waals surface area contributed by atoms with Crippen LogP contribution in [0.2, 0.25) is 0 Å². The Bertz CT molecular complexity index is 218. The zero-order valence-corrected chi connectivity index (χ0v) is 6.96. The topological polar surface area (TPSA) is 48.9 Å². The van der Waals surface area contributed by atoms with E-state index in [1.165, 1.54) is 0 Å². The average molecular weight is 154 g/mol. The second kappa shape index (κ2) is 3.53. The molecule has 3 heteroatoms. The monoisotopic (exact) mass is 154 g/mol. The number of nitrogens with one attached hydrogen (secondary N) is 1.